The molecule has 0 aromatic heterocycles. The molecule has 0 fully saturated rings. The van der Waals surface area contributed by atoms with E-state index in [0.29, 0.717) is 37.7 Å². The van der Waals surface area contributed by atoms with Crippen molar-refractivity contribution in [3.63, 3.8) is 0 Å². The van der Waals surface area contributed by atoms with Gasteiger partial charge in [0, 0.05) is 11.4 Å². The van der Waals surface area contributed by atoms with E-state index >= 15 is 0 Å². The number of benzene rings is 2. The van der Waals surface area contributed by atoms with Crippen molar-refractivity contribution in [3.8, 4) is 17.2 Å². The first-order valence-corrected chi connectivity index (χ1v) is 9.28. The first kappa shape index (κ1) is 20.9. The van der Waals surface area contributed by atoms with Crippen LogP contribution in [0.3, 0.4) is 0 Å². The highest BCUT2D eigenvalue weighted by Crippen LogP contribution is 2.29. The van der Waals surface area contributed by atoms with Gasteiger partial charge in [-0.1, -0.05) is 17.7 Å². The van der Waals surface area contributed by atoms with Gasteiger partial charge in [-0.05, 0) is 68.1 Å². The first-order chi connectivity index (χ1) is 12.9. The minimum atomic E-state index is -0.821. The van der Waals surface area contributed by atoms with Crippen LogP contribution in [0.4, 0.5) is 0 Å². The predicted molar refractivity (Wildman–Crippen MR) is 105 cm³/mol. The van der Waals surface area contributed by atoms with Crippen molar-refractivity contribution >= 4 is 17.6 Å². The Morgan fingerprint density at radius 1 is 1.00 bits per heavy atom. The van der Waals surface area contributed by atoms with Gasteiger partial charge in [0.25, 0.3) is 0 Å². The topological polar surface area (TPSA) is 65.0 Å². The van der Waals surface area contributed by atoms with Gasteiger partial charge in [0.05, 0.1) is 6.61 Å². The largest absolute Gasteiger partial charge is 0.490 e. The van der Waals surface area contributed by atoms with Gasteiger partial charge in [0.1, 0.15) is 19.0 Å². The predicted octanol–water partition coefficient (Wildman–Crippen LogP) is 4.83. The van der Waals surface area contributed by atoms with Gasteiger partial charge < -0.3 is 19.3 Å². The lowest BCUT2D eigenvalue weighted by Gasteiger charge is -2.14. The van der Waals surface area contributed by atoms with Crippen LogP contribution >= 0.6 is 11.6 Å². The summed E-state index contributed by atoms with van der Waals surface area (Å²) in [4.78, 5) is 10.7. The molecule has 2 aromatic carbocycles. The van der Waals surface area contributed by atoms with Crippen LogP contribution in [-0.2, 0) is 11.2 Å². The lowest BCUT2D eigenvalue weighted by Crippen LogP contribution is -2.10. The number of carbonyl (C=O) groups is 1. The van der Waals surface area contributed by atoms with Crippen LogP contribution in [-0.4, -0.2) is 30.9 Å². The Balaban J connectivity index is 1.93. The summed E-state index contributed by atoms with van der Waals surface area (Å²) in [5.41, 5.74) is 2.85. The van der Waals surface area contributed by atoms with E-state index in [1.165, 1.54) is 0 Å². The number of hydrogen-bond acceptors (Lipinski definition) is 4. The van der Waals surface area contributed by atoms with E-state index in [-0.39, 0.29) is 6.42 Å². The van der Waals surface area contributed by atoms with Gasteiger partial charge in [0.2, 0.25) is 0 Å². The van der Waals surface area contributed by atoms with Crippen LogP contribution < -0.4 is 14.2 Å². The lowest BCUT2D eigenvalue weighted by molar-refractivity contribution is -0.136. The third-order valence-electron chi connectivity index (χ3n) is 3.96. The van der Waals surface area contributed by atoms with Crippen LogP contribution in [0.25, 0.3) is 0 Å². The van der Waals surface area contributed by atoms with Crippen molar-refractivity contribution in [3.05, 3.63) is 52.0 Å². The molecule has 0 aliphatic rings. The molecule has 0 saturated carbocycles. The molecular weight excluding hydrogens is 368 g/mol. The second kappa shape index (κ2) is 10.1. The van der Waals surface area contributed by atoms with E-state index < -0.39 is 5.97 Å². The molecule has 0 bridgehead atoms. The number of hydrogen-bond donors (Lipinski definition) is 1. The zero-order valence-electron chi connectivity index (χ0n) is 15.9. The number of carboxylic acid groups (broad SMARTS) is 1. The Morgan fingerprint density at radius 3 is 2.30 bits per heavy atom. The molecule has 0 unspecified atom stereocenters. The van der Waals surface area contributed by atoms with E-state index in [1.807, 2.05) is 45.0 Å². The summed E-state index contributed by atoms with van der Waals surface area (Å²) in [5.74, 6) is 1.16. The first-order valence-electron chi connectivity index (χ1n) is 8.90. The Hall–Kier alpha value is -2.40. The Bertz CT molecular complexity index is 765. The Kier molecular flexibility index (Phi) is 7.80. The normalized spacial score (nSPS) is 10.5. The van der Waals surface area contributed by atoms with E-state index in [0.717, 1.165) is 27.5 Å². The van der Waals surface area contributed by atoms with Crippen LogP contribution in [0.2, 0.25) is 5.02 Å². The number of halogens is 1. The maximum absolute atomic E-state index is 10.7. The Labute approximate surface area is 164 Å². The summed E-state index contributed by atoms with van der Waals surface area (Å²) >= 11 is 6.16. The highest BCUT2D eigenvalue weighted by molar-refractivity contribution is 6.32. The van der Waals surface area contributed by atoms with E-state index in [9.17, 15) is 4.79 Å². The molecule has 6 heteroatoms. The summed E-state index contributed by atoms with van der Waals surface area (Å²) < 4.78 is 17.1. The summed E-state index contributed by atoms with van der Waals surface area (Å²) in [7, 11) is 0. The van der Waals surface area contributed by atoms with Crippen molar-refractivity contribution in [1.29, 1.82) is 0 Å². The molecule has 2 rings (SSSR count). The molecule has 2 aromatic rings. The van der Waals surface area contributed by atoms with E-state index in [2.05, 4.69) is 0 Å². The minimum absolute atomic E-state index is 0.0829. The molecule has 0 aliphatic carbocycles. The van der Waals surface area contributed by atoms with Gasteiger partial charge in [-0.2, -0.15) is 0 Å². The van der Waals surface area contributed by atoms with Crippen molar-refractivity contribution in [2.24, 2.45) is 0 Å². The van der Waals surface area contributed by atoms with Crippen molar-refractivity contribution < 1.29 is 24.1 Å². The summed E-state index contributed by atoms with van der Waals surface area (Å²) in [6.07, 6.45) is 0.535. The van der Waals surface area contributed by atoms with Gasteiger partial charge in [-0.25, -0.2) is 0 Å². The molecule has 0 amide bonds. The zero-order valence-corrected chi connectivity index (χ0v) is 16.6. The molecule has 0 heterocycles. The minimum Gasteiger partial charge on any atom is -0.490 e. The second-order valence-corrected chi connectivity index (χ2v) is 6.55. The van der Waals surface area contributed by atoms with Crippen molar-refractivity contribution in [2.45, 2.75) is 33.6 Å². The number of ether oxygens (including phenoxy) is 3. The van der Waals surface area contributed by atoms with Gasteiger partial charge in [-0.3, -0.25) is 4.79 Å². The quantitative estimate of drug-likeness (QED) is 0.586. The average Bonchev–Trinajstić information content (AvgIpc) is 2.63. The Morgan fingerprint density at radius 2 is 1.67 bits per heavy atom. The van der Waals surface area contributed by atoms with Crippen molar-refractivity contribution in [2.75, 3.05) is 19.8 Å². The monoisotopic (exact) mass is 392 g/mol. The fourth-order valence-electron chi connectivity index (χ4n) is 2.65. The lowest BCUT2D eigenvalue weighted by atomic mass is 10.1. The third kappa shape index (κ3) is 6.36. The summed E-state index contributed by atoms with van der Waals surface area (Å²) in [6, 6.07) is 9.29. The molecule has 27 heavy (non-hydrogen) atoms. The number of aryl methyl sites for hydroxylation is 3. The van der Waals surface area contributed by atoms with Gasteiger partial charge >= 0.3 is 5.97 Å². The zero-order chi connectivity index (χ0) is 19.8. The molecule has 0 aliphatic heterocycles. The molecule has 0 radical (unpaired) electrons. The van der Waals surface area contributed by atoms with E-state index in [4.69, 9.17) is 30.9 Å². The average molecular weight is 393 g/mol. The van der Waals surface area contributed by atoms with Crippen LogP contribution in [0.1, 0.15) is 30.0 Å². The number of aliphatic carboxylic acids is 1. The number of rotatable bonds is 10. The molecule has 0 atom stereocenters. The van der Waals surface area contributed by atoms with Gasteiger partial charge in [-0.15, -0.1) is 0 Å². The highest BCUT2D eigenvalue weighted by Gasteiger charge is 2.09. The van der Waals surface area contributed by atoms with Crippen LogP contribution in [0, 0.1) is 13.8 Å². The molecule has 0 saturated heterocycles. The maximum Gasteiger partial charge on any atom is 0.303 e. The molecular formula is C21H25ClO5. The summed E-state index contributed by atoms with van der Waals surface area (Å²) in [6.45, 7) is 7.01. The van der Waals surface area contributed by atoms with E-state index in [1.54, 1.807) is 6.07 Å². The third-order valence-corrected chi connectivity index (χ3v) is 4.55. The fraction of sp³-hybridized carbons (Fsp3) is 0.381. The standard InChI is InChI=1S/C21H25ClO5/c1-4-25-19-13-16(6-8-20(23)24)5-7-18(19)27-10-9-26-17-11-14(2)21(22)15(3)12-17/h5,7,11-13H,4,6,8-10H2,1-3H3,(H,23,24). The van der Waals surface area contributed by atoms with Crippen LogP contribution in [0.5, 0.6) is 17.2 Å². The fourth-order valence-corrected chi connectivity index (χ4v) is 2.76. The molecule has 0 spiro atoms. The number of carboxylic acids is 1. The maximum atomic E-state index is 10.7. The summed E-state index contributed by atoms with van der Waals surface area (Å²) in [5, 5.41) is 9.56. The molecule has 1 N–H and O–H groups in total. The molecule has 5 nitrogen and oxygen atoms in total. The van der Waals surface area contributed by atoms with Gasteiger partial charge in [0.15, 0.2) is 11.5 Å². The highest BCUT2D eigenvalue weighted by atomic mass is 35.5. The smallest absolute Gasteiger partial charge is 0.303 e. The SMILES string of the molecule is CCOc1cc(CCC(=O)O)ccc1OCCOc1cc(C)c(Cl)c(C)c1. The second-order valence-electron chi connectivity index (χ2n) is 6.18. The van der Waals surface area contributed by atoms with Crippen molar-refractivity contribution in [1.82, 2.24) is 0 Å². The van der Waals surface area contributed by atoms with Crippen LogP contribution in [0.15, 0.2) is 30.3 Å². The molecule has 146 valence electrons.